The summed E-state index contributed by atoms with van der Waals surface area (Å²) in [5.74, 6) is -2.30. The number of carbonyl (C=O) groups is 1. The van der Waals surface area contributed by atoms with Crippen LogP contribution in [0, 0.1) is 18.6 Å². The molecule has 5 heteroatoms. The molecule has 0 spiro atoms. The molecule has 1 saturated heterocycles. The minimum atomic E-state index is -0.824. The number of hydrogen-bond acceptors (Lipinski definition) is 2. The summed E-state index contributed by atoms with van der Waals surface area (Å²) in [6.45, 7) is 2.82. The van der Waals surface area contributed by atoms with Crippen molar-refractivity contribution in [2.24, 2.45) is 0 Å². The maximum Gasteiger partial charge on any atom is 0.257 e. The number of amides is 1. The molecule has 0 aromatic heterocycles. The Morgan fingerprint density at radius 1 is 1.50 bits per heavy atom. The lowest BCUT2D eigenvalue weighted by Gasteiger charge is -2.12. The highest BCUT2D eigenvalue weighted by Crippen LogP contribution is 2.16. The molecule has 98 valence electrons. The number of nitrogens with one attached hydrogen (secondary N) is 2. The van der Waals surface area contributed by atoms with Crippen molar-refractivity contribution in [3.05, 3.63) is 34.9 Å². The summed E-state index contributed by atoms with van der Waals surface area (Å²) >= 11 is 0. The van der Waals surface area contributed by atoms with Crippen molar-refractivity contribution in [3.8, 4) is 0 Å². The van der Waals surface area contributed by atoms with Crippen LogP contribution in [0.3, 0.4) is 0 Å². The molecule has 18 heavy (non-hydrogen) atoms. The Morgan fingerprint density at radius 3 is 2.94 bits per heavy atom. The molecule has 1 atom stereocenters. The molecule has 1 heterocycles. The highest BCUT2D eigenvalue weighted by atomic mass is 19.1. The van der Waals surface area contributed by atoms with Crippen molar-refractivity contribution < 1.29 is 13.6 Å². The van der Waals surface area contributed by atoms with Crippen molar-refractivity contribution in [2.45, 2.75) is 25.8 Å². The molecule has 1 aliphatic heterocycles. The van der Waals surface area contributed by atoms with Crippen LogP contribution in [-0.2, 0) is 0 Å². The quantitative estimate of drug-likeness (QED) is 0.863. The second-order valence-electron chi connectivity index (χ2n) is 4.56. The lowest BCUT2D eigenvalue weighted by Crippen LogP contribution is -2.37. The van der Waals surface area contributed by atoms with Crippen LogP contribution in [0.2, 0.25) is 0 Å². The molecular weight excluding hydrogens is 238 g/mol. The molecule has 0 bridgehead atoms. The van der Waals surface area contributed by atoms with E-state index in [9.17, 15) is 13.6 Å². The zero-order valence-corrected chi connectivity index (χ0v) is 10.2. The predicted octanol–water partition coefficient (Wildman–Crippen LogP) is 1.76. The maximum absolute atomic E-state index is 13.7. The molecule has 1 unspecified atom stereocenters. The van der Waals surface area contributed by atoms with Gasteiger partial charge in [-0.3, -0.25) is 4.79 Å². The molecular formula is C13H16F2N2O. The first-order chi connectivity index (χ1) is 8.59. The average molecular weight is 254 g/mol. The number of halogens is 2. The van der Waals surface area contributed by atoms with Gasteiger partial charge in [-0.15, -0.1) is 0 Å². The van der Waals surface area contributed by atoms with Crippen LogP contribution in [0.15, 0.2) is 12.1 Å². The first kappa shape index (κ1) is 13.0. The topological polar surface area (TPSA) is 41.1 Å². The highest BCUT2D eigenvalue weighted by Gasteiger charge is 2.20. The van der Waals surface area contributed by atoms with E-state index in [0.29, 0.717) is 6.54 Å². The van der Waals surface area contributed by atoms with Crippen LogP contribution in [0.1, 0.15) is 28.8 Å². The Morgan fingerprint density at radius 2 is 2.28 bits per heavy atom. The van der Waals surface area contributed by atoms with Crippen LogP contribution in [-0.4, -0.2) is 25.0 Å². The first-order valence-corrected chi connectivity index (χ1v) is 6.06. The molecule has 1 aromatic carbocycles. The van der Waals surface area contributed by atoms with Gasteiger partial charge in [0.05, 0.1) is 0 Å². The third-order valence-corrected chi connectivity index (χ3v) is 3.18. The Hall–Kier alpha value is -1.49. The second-order valence-corrected chi connectivity index (χ2v) is 4.56. The summed E-state index contributed by atoms with van der Waals surface area (Å²) in [5.41, 5.74) is -0.228. The van der Waals surface area contributed by atoms with E-state index in [1.165, 1.54) is 13.0 Å². The average Bonchev–Trinajstić information content (AvgIpc) is 2.85. The standard InChI is InChI=1S/C13H16F2N2O/c1-8-4-5-10(14)11(12(8)15)13(18)17-7-9-3-2-6-16-9/h4-5,9,16H,2-3,6-7H2,1H3,(H,17,18). The van der Waals surface area contributed by atoms with Crippen molar-refractivity contribution in [1.29, 1.82) is 0 Å². The fourth-order valence-corrected chi connectivity index (χ4v) is 2.10. The molecule has 3 nitrogen and oxygen atoms in total. The number of aryl methyl sites for hydroxylation is 1. The normalized spacial score (nSPS) is 18.9. The van der Waals surface area contributed by atoms with E-state index in [1.807, 2.05) is 0 Å². The van der Waals surface area contributed by atoms with E-state index < -0.39 is 23.1 Å². The molecule has 1 amide bonds. The monoisotopic (exact) mass is 254 g/mol. The van der Waals surface area contributed by atoms with Crippen molar-refractivity contribution in [3.63, 3.8) is 0 Å². The Kier molecular flexibility index (Phi) is 3.91. The third-order valence-electron chi connectivity index (χ3n) is 3.18. The number of carbonyl (C=O) groups excluding carboxylic acids is 1. The first-order valence-electron chi connectivity index (χ1n) is 6.06. The predicted molar refractivity (Wildman–Crippen MR) is 64.5 cm³/mol. The van der Waals surface area contributed by atoms with Crippen molar-refractivity contribution in [1.82, 2.24) is 10.6 Å². The third kappa shape index (κ3) is 2.67. The van der Waals surface area contributed by atoms with Crippen LogP contribution in [0.4, 0.5) is 8.78 Å². The molecule has 1 aliphatic rings. The van der Waals surface area contributed by atoms with E-state index in [2.05, 4.69) is 10.6 Å². The van der Waals surface area contributed by atoms with Crippen LogP contribution >= 0.6 is 0 Å². The molecule has 1 aromatic rings. The zero-order valence-electron chi connectivity index (χ0n) is 10.2. The Bertz CT molecular complexity index is 457. The van der Waals surface area contributed by atoms with Crippen LogP contribution in [0.5, 0.6) is 0 Å². The fraction of sp³-hybridized carbons (Fsp3) is 0.462. The van der Waals surface area contributed by atoms with E-state index in [-0.39, 0.29) is 11.6 Å². The molecule has 2 rings (SSSR count). The number of benzene rings is 1. The fourth-order valence-electron chi connectivity index (χ4n) is 2.10. The lowest BCUT2D eigenvalue weighted by atomic mass is 10.1. The second kappa shape index (κ2) is 5.44. The SMILES string of the molecule is Cc1ccc(F)c(C(=O)NCC2CCCN2)c1F. The van der Waals surface area contributed by atoms with Gasteiger partial charge in [0.2, 0.25) is 0 Å². The Balaban J connectivity index is 2.06. The minimum Gasteiger partial charge on any atom is -0.350 e. The highest BCUT2D eigenvalue weighted by molar-refractivity contribution is 5.95. The molecule has 0 saturated carbocycles. The smallest absolute Gasteiger partial charge is 0.257 e. The molecule has 0 radical (unpaired) electrons. The maximum atomic E-state index is 13.7. The number of hydrogen-bond donors (Lipinski definition) is 2. The van der Waals surface area contributed by atoms with E-state index in [0.717, 1.165) is 25.5 Å². The molecule has 2 N–H and O–H groups in total. The summed E-state index contributed by atoms with van der Waals surface area (Å²) in [5, 5.41) is 5.77. The summed E-state index contributed by atoms with van der Waals surface area (Å²) in [6.07, 6.45) is 2.03. The van der Waals surface area contributed by atoms with Gasteiger partial charge in [0.15, 0.2) is 0 Å². The molecule has 1 fully saturated rings. The van der Waals surface area contributed by atoms with Gasteiger partial charge < -0.3 is 10.6 Å². The minimum absolute atomic E-state index is 0.199. The summed E-state index contributed by atoms with van der Waals surface area (Å²) in [4.78, 5) is 11.8. The number of rotatable bonds is 3. The van der Waals surface area contributed by atoms with E-state index in [4.69, 9.17) is 0 Å². The lowest BCUT2D eigenvalue weighted by molar-refractivity contribution is 0.0941. The summed E-state index contributed by atoms with van der Waals surface area (Å²) < 4.78 is 27.2. The van der Waals surface area contributed by atoms with Crippen LogP contribution < -0.4 is 10.6 Å². The van der Waals surface area contributed by atoms with Crippen molar-refractivity contribution >= 4 is 5.91 Å². The summed E-state index contributed by atoms with van der Waals surface area (Å²) in [6, 6.07) is 2.63. The van der Waals surface area contributed by atoms with E-state index >= 15 is 0 Å². The van der Waals surface area contributed by atoms with Crippen molar-refractivity contribution in [2.75, 3.05) is 13.1 Å². The zero-order chi connectivity index (χ0) is 13.1. The van der Waals surface area contributed by atoms with Gasteiger partial charge in [0.25, 0.3) is 5.91 Å². The van der Waals surface area contributed by atoms with E-state index in [1.54, 1.807) is 0 Å². The van der Waals surface area contributed by atoms with Gasteiger partial charge >= 0.3 is 0 Å². The van der Waals surface area contributed by atoms with Gasteiger partial charge in [-0.05, 0) is 37.9 Å². The van der Waals surface area contributed by atoms with Crippen LogP contribution in [0.25, 0.3) is 0 Å². The van der Waals surface area contributed by atoms with Gasteiger partial charge in [0.1, 0.15) is 17.2 Å². The van der Waals surface area contributed by atoms with Gasteiger partial charge in [-0.2, -0.15) is 0 Å². The summed E-state index contributed by atoms with van der Waals surface area (Å²) in [7, 11) is 0. The van der Waals surface area contributed by atoms with Gasteiger partial charge in [-0.1, -0.05) is 6.07 Å². The van der Waals surface area contributed by atoms with Gasteiger partial charge in [0, 0.05) is 12.6 Å². The molecule has 0 aliphatic carbocycles. The Labute approximate surface area is 105 Å². The van der Waals surface area contributed by atoms with Gasteiger partial charge in [-0.25, -0.2) is 8.78 Å². The largest absolute Gasteiger partial charge is 0.350 e.